The summed E-state index contributed by atoms with van der Waals surface area (Å²) in [6.45, 7) is 2.70. The fourth-order valence-electron chi connectivity index (χ4n) is 4.47. The number of nitrogens with zero attached hydrogens (tertiary/aromatic N) is 1. The third-order valence-corrected chi connectivity index (χ3v) is 6.27. The summed E-state index contributed by atoms with van der Waals surface area (Å²) in [7, 11) is 0. The summed E-state index contributed by atoms with van der Waals surface area (Å²) in [6, 6.07) is 22.9. The number of piperidine rings is 1. The van der Waals surface area contributed by atoms with Gasteiger partial charge in [-0.25, -0.2) is 0 Å². The number of aryl methyl sites for hydroxylation is 1. The zero-order chi connectivity index (χ0) is 24.1. The van der Waals surface area contributed by atoms with Crippen LogP contribution in [-0.2, 0) is 16.0 Å². The van der Waals surface area contributed by atoms with E-state index in [1.807, 2.05) is 78.6 Å². The maximum Gasteiger partial charge on any atom is 0.232 e. The molecule has 0 bridgehead atoms. The first kappa shape index (κ1) is 23.2. The van der Waals surface area contributed by atoms with Crippen molar-refractivity contribution in [1.82, 2.24) is 0 Å². The van der Waals surface area contributed by atoms with E-state index < -0.39 is 5.92 Å². The molecule has 1 unspecified atom stereocenters. The van der Waals surface area contributed by atoms with E-state index in [9.17, 15) is 9.59 Å². The van der Waals surface area contributed by atoms with E-state index in [-0.39, 0.29) is 17.6 Å². The standard InChI is InChI=1S/C28H30N4O2/c1-19-16-23(13-14-25(19)32-15-6-5-12-26(32)33)31-28(34)24(21-9-3-2-4-10-21)18-20-8-7-11-22(17-20)27(29)30/h2-4,7-11,13-14,16-17,24H,5-6,12,15,18H2,1H3,(H3,29,30)(H,31,34). The summed E-state index contributed by atoms with van der Waals surface area (Å²) < 4.78 is 0. The molecule has 174 valence electrons. The van der Waals surface area contributed by atoms with Crippen LogP contribution in [0.15, 0.2) is 72.8 Å². The molecule has 3 aromatic carbocycles. The second kappa shape index (κ2) is 10.3. The number of anilines is 2. The van der Waals surface area contributed by atoms with Crippen molar-refractivity contribution in [2.45, 2.75) is 38.5 Å². The number of hydrogen-bond donors (Lipinski definition) is 3. The van der Waals surface area contributed by atoms with Crippen LogP contribution in [0.25, 0.3) is 0 Å². The quantitative estimate of drug-likeness (QED) is 0.354. The van der Waals surface area contributed by atoms with Crippen molar-refractivity contribution in [3.8, 4) is 0 Å². The number of benzene rings is 3. The third kappa shape index (κ3) is 5.34. The molecule has 34 heavy (non-hydrogen) atoms. The maximum absolute atomic E-state index is 13.4. The van der Waals surface area contributed by atoms with Crippen LogP contribution in [-0.4, -0.2) is 24.2 Å². The highest BCUT2D eigenvalue weighted by Crippen LogP contribution is 2.29. The van der Waals surface area contributed by atoms with Crippen molar-refractivity contribution in [2.24, 2.45) is 5.73 Å². The van der Waals surface area contributed by atoms with Crippen LogP contribution in [0.2, 0.25) is 0 Å². The smallest absolute Gasteiger partial charge is 0.232 e. The molecular weight excluding hydrogens is 424 g/mol. The molecule has 4 N–H and O–H groups in total. The fourth-order valence-corrected chi connectivity index (χ4v) is 4.47. The van der Waals surface area contributed by atoms with Crippen LogP contribution in [0.5, 0.6) is 0 Å². The van der Waals surface area contributed by atoms with Gasteiger partial charge in [0.05, 0.1) is 5.92 Å². The minimum absolute atomic E-state index is 0.00492. The third-order valence-electron chi connectivity index (χ3n) is 6.27. The maximum atomic E-state index is 13.4. The Morgan fingerprint density at radius 1 is 1.06 bits per heavy atom. The Bertz CT molecular complexity index is 1210. The Morgan fingerprint density at radius 3 is 2.56 bits per heavy atom. The van der Waals surface area contributed by atoms with Crippen molar-refractivity contribution in [1.29, 1.82) is 5.41 Å². The van der Waals surface area contributed by atoms with Gasteiger partial charge in [-0.3, -0.25) is 15.0 Å². The van der Waals surface area contributed by atoms with E-state index in [1.165, 1.54) is 0 Å². The van der Waals surface area contributed by atoms with Gasteiger partial charge in [-0.1, -0.05) is 48.5 Å². The van der Waals surface area contributed by atoms with E-state index in [0.717, 1.165) is 41.8 Å². The highest BCUT2D eigenvalue weighted by molar-refractivity contribution is 5.98. The van der Waals surface area contributed by atoms with Gasteiger partial charge in [0.2, 0.25) is 11.8 Å². The molecule has 0 aromatic heterocycles. The Labute approximate surface area is 200 Å². The number of nitrogens with one attached hydrogen (secondary N) is 2. The molecule has 0 saturated carbocycles. The number of amides is 2. The number of nitrogen functional groups attached to an aromatic ring is 1. The van der Waals surface area contributed by atoms with Gasteiger partial charge >= 0.3 is 0 Å². The average Bonchev–Trinajstić information content (AvgIpc) is 2.84. The first-order chi connectivity index (χ1) is 16.4. The van der Waals surface area contributed by atoms with Gasteiger partial charge in [0.15, 0.2) is 0 Å². The van der Waals surface area contributed by atoms with Crippen molar-refractivity contribution >= 4 is 29.0 Å². The highest BCUT2D eigenvalue weighted by atomic mass is 16.2. The minimum atomic E-state index is -0.410. The van der Waals surface area contributed by atoms with Gasteiger partial charge in [0.25, 0.3) is 0 Å². The molecule has 1 saturated heterocycles. The number of rotatable bonds is 7. The topological polar surface area (TPSA) is 99.3 Å². The van der Waals surface area contributed by atoms with Crippen molar-refractivity contribution in [2.75, 3.05) is 16.8 Å². The lowest BCUT2D eigenvalue weighted by Gasteiger charge is -2.28. The SMILES string of the molecule is Cc1cc(NC(=O)C(Cc2cccc(C(=N)N)c2)c2ccccc2)ccc1N1CCCCC1=O. The molecule has 4 rings (SSSR count). The van der Waals surface area contributed by atoms with E-state index in [0.29, 0.717) is 24.1 Å². The second-order valence-corrected chi connectivity index (χ2v) is 8.77. The molecule has 1 aliphatic rings. The first-order valence-corrected chi connectivity index (χ1v) is 11.6. The number of nitrogens with two attached hydrogens (primary N) is 1. The Kier molecular flexibility index (Phi) is 7.07. The molecule has 1 fully saturated rings. The number of amidine groups is 1. The van der Waals surface area contributed by atoms with E-state index in [2.05, 4.69) is 5.32 Å². The molecule has 3 aromatic rings. The number of carbonyl (C=O) groups is 2. The van der Waals surface area contributed by atoms with Gasteiger partial charge < -0.3 is 16.0 Å². The molecule has 1 heterocycles. The largest absolute Gasteiger partial charge is 0.384 e. The van der Waals surface area contributed by atoms with Crippen LogP contribution < -0.4 is 16.0 Å². The van der Waals surface area contributed by atoms with E-state index in [4.69, 9.17) is 11.1 Å². The fraction of sp³-hybridized carbons (Fsp3) is 0.250. The van der Waals surface area contributed by atoms with Gasteiger partial charge in [0, 0.05) is 29.9 Å². The predicted molar refractivity (Wildman–Crippen MR) is 136 cm³/mol. The summed E-state index contributed by atoms with van der Waals surface area (Å²) >= 11 is 0. The van der Waals surface area contributed by atoms with Gasteiger partial charge in [-0.2, -0.15) is 0 Å². The van der Waals surface area contributed by atoms with Crippen LogP contribution in [0.4, 0.5) is 11.4 Å². The van der Waals surface area contributed by atoms with Crippen LogP contribution >= 0.6 is 0 Å². The van der Waals surface area contributed by atoms with Crippen LogP contribution in [0, 0.1) is 12.3 Å². The lowest BCUT2D eigenvalue weighted by molar-refractivity contribution is -0.119. The van der Waals surface area contributed by atoms with E-state index >= 15 is 0 Å². The summed E-state index contributed by atoms with van der Waals surface area (Å²) in [4.78, 5) is 27.6. The van der Waals surface area contributed by atoms with E-state index in [1.54, 1.807) is 6.07 Å². The summed E-state index contributed by atoms with van der Waals surface area (Å²) in [5, 5.41) is 10.8. The second-order valence-electron chi connectivity index (χ2n) is 8.77. The van der Waals surface area contributed by atoms with Crippen molar-refractivity contribution < 1.29 is 9.59 Å². The first-order valence-electron chi connectivity index (χ1n) is 11.6. The molecular formula is C28H30N4O2. The zero-order valence-electron chi connectivity index (χ0n) is 19.4. The predicted octanol–water partition coefficient (Wildman–Crippen LogP) is 4.76. The van der Waals surface area contributed by atoms with Gasteiger partial charge in [0.1, 0.15) is 5.84 Å². The van der Waals surface area contributed by atoms with Crippen LogP contribution in [0.1, 0.15) is 47.4 Å². The molecule has 0 radical (unpaired) electrons. The Hall–Kier alpha value is -3.93. The summed E-state index contributed by atoms with van der Waals surface area (Å²) in [6.07, 6.45) is 3.02. The van der Waals surface area contributed by atoms with Gasteiger partial charge in [-0.15, -0.1) is 0 Å². The van der Waals surface area contributed by atoms with Crippen LogP contribution in [0.3, 0.4) is 0 Å². The zero-order valence-corrected chi connectivity index (χ0v) is 19.4. The molecule has 0 spiro atoms. The van der Waals surface area contributed by atoms with Gasteiger partial charge in [-0.05, 0) is 67.1 Å². The van der Waals surface area contributed by atoms with Crippen molar-refractivity contribution in [3.63, 3.8) is 0 Å². The summed E-state index contributed by atoms with van der Waals surface area (Å²) in [5.74, 6) is -0.360. The van der Waals surface area contributed by atoms with Crippen molar-refractivity contribution in [3.05, 3.63) is 95.1 Å². The lowest BCUT2D eigenvalue weighted by atomic mass is 9.90. The summed E-state index contributed by atoms with van der Waals surface area (Å²) in [5.41, 5.74) is 10.7. The molecule has 1 atom stereocenters. The number of carbonyl (C=O) groups excluding carboxylic acids is 2. The Morgan fingerprint density at radius 2 is 1.85 bits per heavy atom. The lowest BCUT2D eigenvalue weighted by Crippen LogP contribution is -2.35. The molecule has 6 nitrogen and oxygen atoms in total. The normalized spacial score (nSPS) is 14.5. The molecule has 2 amide bonds. The molecule has 6 heteroatoms. The monoisotopic (exact) mass is 454 g/mol. The Balaban J connectivity index is 1.56. The highest BCUT2D eigenvalue weighted by Gasteiger charge is 2.23. The average molecular weight is 455 g/mol. The molecule has 0 aliphatic carbocycles. The minimum Gasteiger partial charge on any atom is -0.384 e. The molecule has 1 aliphatic heterocycles. The number of hydrogen-bond acceptors (Lipinski definition) is 3.